The fraction of sp³-hybridized carbons (Fsp3) is 0.429. The van der Waals surface area contributed by atoms with Gasteiger partial charge in [-0.05, 0) is 33.5 Å². The van der Waals surface area contributed by atoms with E-state index in [-0.39, 0.29) is 5.91 Å². The van der Waals surface area contributed by atoms with E-state index in [9.17, 15) is 9.59 Å². The maximum absolute atomic E-state index is 12.2. The minimum atomic E-state index is -0.927. The van der Waals surface area contributed by atoms with Crippen molar-refractivity contribution in [3.05, 3.63) is 22.7 Å². The van der Waals surface area contributed by atoms with Crippen LogP contribution in [0.4, 0.5) is 5.69 Å². The zero-order valence-electron chi connectivity index (χ0n) is 11.4. The molecule has 0 saturated heterocycles. The lowest BCUT2D eigenvalue weighted by Crippen LogP contribution is -2.17. The zero-order valence-corrected chi connectivity index (χ0v) is 13.0. The maximum atomic E-state index is 12.2. The third-order valence-electron chi connectivity index (χ3n) is 3.79. The first kappa shape index (κ1) is 14.8. The number of nitrogens with one attached hydrogen (secondary N) is 1. The first-order valence-electron chi connectivity index (χ1n) is 6.16. The van der Waals surface area contributed by atoms with Gasteiger partial charge in [0, 0.05) is 11.8 Å². The van der Waals surface area contributed by atoms with Crippen molar-refractivity contribution in [2.45, 2.75) is 13.8 Å². The van der Waals surface area contributed by atoms with E-state index in [2.05, 4.69) is 21.2 Å². The molecule has 1 aliphatic rings. The second-order valence-electron chi connectivity index (χ2n) is 5.45. The highest BCUT2D eigenvalue weighted by Crippen LogP contribution is 2.58. The highest BCUT2D eigenvalue weighted by molar-refractivity contribution is 9.10. The highest BCUT2D eigenvalue weighted by Gasteiger charge is 2.65. The fourth-order valence-electron chi connectivity index (χ4n) is 2.55. The maximum Gasteiger partial charge on any atom is 0.307 e. The van der Waals surface area contributed by atoms with Crippen LogP contribution in [-0.4, -0.2) is 24.1 Å². The molecular weight excluding hydrogens is 326 g/mol. The summed E-state index contributed by atoms with van der Waals surface area (Å²) in [6.07, 6.45) is 0. The molecule has 2 rings (SSSR count). The first-order valence-corrected chi connectivity index (χ1v) is 6.95. The number of ether oxygens (including phenoxy) is 1. The number of carbonyl (C=O) groups excluding carboxylic acids is 1. The van der Waals surface area contributed by atoms with E-state index >= 15 is 0 Å². The van der Waals surface area contributed by atoms with Gasteiger partial charge in [-0.1, -0.05) is 13.8 Å². The van der Waals surface area contributed by atoms with Gasteiger partial charge in [-0.3, -0.25) is 9.59 Å². The SMILES string of the molecule is COc1cc(NC(=O)[C@H]2[C@@H](C(=O)O)C2(C)C)ccc1Br. The van der Waals surface area contributed by atoms with Gasteiger partial charge in [0.05, 0.1) is 23.4 Å². The first-order chi connectivity index (χ1) is 9.28. The molecule has 1 aromatic rings. The molecule has 0 unspecified atom stereocenters. The average Bonchev–Trinajstić information content (AvgIpc) is 2.95. The van der Waals surface area contributed by atoms with Crippen LogP contribution in [0.5, 0.6) is 5.75 Å². The minimum Gasteiger partial charge on any atom is -0.495 e. The Balaban J connectivity index is 2.12. The van der Waals surface area contributed by atoms with Gasteiger partial charge in [-0.2, -0.15) is 0 Å². The summed E-state index contributed by atoms with van der Waals surface area (Å²) in [6.45, 7) is 3.58. The fourth-order valence-corrected chi connectivity index (χ4v) is 2.95. The minimum absolute atomic E-state index is 0.272. The molecule has 0 radical (unpaired) electrons. The molecule has 108 valence electrons. The summed E-state index contributed by atoms with van der Waals surface area (Å²) in [5.74, 6) is -1.72. The van der Waals surface area contributed by atoms with Crippen LogP contribution >= 0.6 is 15.9 Å². The van der Waals surface area contributed by atoms with Crippen molar-refractivity contribution in [2.75, 3.05) is 12.4 Å². The number of benzene rings is 1. The number of halogens is 1. The summed E-state index contributed by atoms with van der Waals surface area (Å²) in [4.78, 5) is 23.2. The Labute approximate surface area is 125 Å². The Hall–Kier alpha value is -1.56. The van der Waals surface area contributed by atoms with E-state index in [0.717, 1.165) is 4.47 Å². The predicted molar refractivity (Wildman–Crippen MR) is 77.7 cm³/mol. The Morgan fingerprint density at radius 1 is 1.35 bits per heavy atom. The molecule has 1 fully saturated rings. The van der Waals surface area contributed by atoms with Crippen LogP contribution in [0.1, 0.15) is 13.8 Å². The van der Waals surface area contributed by atoms with Crippen LogP contribution in [0.3, 0.4) is 0 Å². The van der Waals surface area contributed by atoms with E-state index in [1.807, 2.05) is 0 Å². The number of carboxylic acids is 1. The van der Waals surface area contributed by atoms with Crippen molar-refractivity contribution < 1.29 is 19.4 Å². The summed E-state index contributed by atoms with van der Waals surface area (Å²) in [6, 6.07) is 5.18. The van der Waals surface area contributed by atoms with Gasteiger partial charge in [-0.25, -0.2) is 0 Å². The molecule has 1 saturated carbocycles. The molecule has 1 aliphatic carbocycles. The molecule has 5 nitrogen and oxygen atoms in total. The zero-order chi connectivity index (χ0) is 15.1. The second-order valence-corrected chi connectivity index (χ2v) is 6.31. The lowest BCUT2D eigenvalue weighted by molar-refractivity contribution is -0.140. The standard InChI is InChI=1S/C14H16BrNO4/c1-14(2)10(11(14)13(18)19)12(17)16-7-4-5-8(15)9(6-7)20-3/h4-6,10-11H,1-3H3,(H,16,17)(H,18,19)/t10-,11+/m1/s1. The molecule has 1 amide bonds. The second kappa shape index (κ2) is 5.09. The van der Waals surface area contributed by atoms with Crippen molar-refractivity contribution in [1.29, 1.82) is 0 Å². The molecule has 1 aromatic carbocycles. The van der Waals surface area contributed by atoms with Gasteiger partial charge in [-0.15, -0.1) is 0 Å². The van der Waals surface area contributed by atoms with Crippen LogP contribution in [0.15, 0.2) is 22.7 Å². The smallest absolute Gasteiger partial charge is 0.307 e. The van der Waals surface area contributed by atoms with Crippen molar-refractivity contribution in [3.63, 3.8) is 0 Å². The van der Waals surface area contributed by atoms with Gasteiger partial charge in [0.15, 0.2) is 0 Å². The Morgan fingerprint density at radius 3 is 2.50 bits per heavy atom. The number of rotatable bonds is 4. The van der Waals surface area contributed by atoms with E-state index in [4.69, 9.17) is 9.84 Å². The normalized spacial score (nSPS) is 23.0. The van der Waals surface area contributed by atoms with Crippen molar-refractivity contribution >= 4 is 33.5 Å². The molecule has 0 aliphatic heterocycles. The number of methoxy groups -OCH3 is 1. The third-order valence-corrected chi connectivity index (χ3v) is 4.45. The number of hydrogen-bond donors (Lipinski definition) is 2. The van der Waals surface area contributed by atoms with Crippen LogP contribution < -0.4 is 10.1 Å². The largest absolute Gasteiger partial charge is 0.495 e. The molecule has 0 bridgehead atoms. The highest BCUT2D eigenvalue weighted by atomic mass is 79.9. The van der Waals surface area contributed by atoms with Gasteiger partial charge < -0.3 is 15.2 Å². The molecule has 2 atom stereocenters. The summed E-state index contributed by atoms with van der Waals surface area (Å²) < 4.78 is 5.94. The van der Waals surface area contributed by atoms with Crippen LogP contribution in [-0.2, 0) is 9.59 Å². The monoisotopic (exact) mass is 341 g/mol. The van der Waals surface area contributed by atoms with Crippen molar-refractivity contribution in [3.8, 4) is 5.75 Å². The van der Waals surface area contributed by atoms with Gasteiger partial charge in [0.1, 0.15) is 5.75 Å². The van der Waals surface area contributed by atoms with E-state index in [0.29, 0.717) is 11.4 Å². The Morgan fingerprint density at radius 2 is 2.00 bits per heavy atom. The molecular formula is C14H16BrNO4. The van der Waals surface area contributed by atoms with Gasteiger partial charge in [0.25, 0.3) is 0 Å². The molecule has 0 aromatic heterocycles. The Kier molecular flexibility index (Phi) is 3.77. The molecule has 2 N–H and O–H groups in total. The quantitative estimate of drug-likeness (QED) is 0.882. The number of anilines is 1. The topological polar surface area (TPSA) is 75.6 Å². The van der Waals surface area contributed by atoms with Gasteiger partial charge >= 0.3 is 5.97 Å². The number of aliphatic carboxylic acids is 1. The molecule has 6 heteroatoms. The van der Waals surface area contributed by atoms with Crippen LogP contribution in [0, 0.1) is 17.3 Å². The number of carboxylic acid groups (broad SMARTS) is 1. The number of amides is 1. The van der Waals surface area contributed by atoms with E-state index in [1.165, 1.54) is 7.11 Å². The molecule has 20 heavy (non-hydrogen) atoms. The summed E-state index contributed by atoms with van der Waals surface area (Å²) >= 11 is 3.33. The van der Waals surface area contributed by atoms with Crippen LogP contribution in [0.25, 0.3) is 0 Å². The number of hydrogen-bond acceptors (Lipinski definition) is 3. The van der Waals surface area contributed by atoms with Crippen LogP contribution in [0.2, 0.25) is 0 Å². The van der Waals surface area contributed by atoms with Crippen molar-refractivity contribution in [2.24, 2.45) is 17.3 Å². The lowest BCUT2D eigenvalue weighted by Gasteiger charge is -2.09. The number of carbonyl (C=O) groups is 2. The van der Waals surface area contributed by atoms with Crippen molar-refractivity contribution in [1.82, 2.24) is 0 Å². The predicted octanol–water partition coefficient (Wildman–Crippen LogP) is 2.75. The van der Waals surface area contributed by atoms with E-state index < -0.39 is 23.2 Å². The summed E-state index contributed by atoms with van der Waals surface area (Å²) in [5, 5.41) is 11.8. The van der Waals surface area contributed by atoms with Gasteiger partial charge in [0.2, 0.25) is 5.91 Å². The third kappa shape index (κ3) is 2.52. The Bertz CT molecular complexity index is 570. The summed E-state index contributed by atoms with van der Waals surface area (Å²) in [5.41, 5.74) is 0.0805. The molecule has 0 heterocycles. The lowest BCUT2D eigenvalue weighted by atomic mass is 10.1. The molecule has 0 spiro atoms. The summed E-state index contributed by atoms with van der Waals surface area (Å²) in [7, 11) is 1.54. The van der Waals surface area contributed by atoms with E-state index in [1.54, 1.807) is 32.0 Å². The average molecular weight is 342 g/mol.